The van der Waals surface area contributed by atoms with Crippen molar-refractivity contribution in [3.63, 3.8) is 0 Å². The van der Waals surface area contributed by atoms with Gasteiger partial charge in [-0.3, -0.25) is 19.2 Å². The molecule has 0 aliphatic rings. The molecular formula is C63H120N2O7. The summed E-state index contributed by atoms with van der Waals surface area (Å²) in [6.45, 7) is 51.0. The van der Waals surface area contributed by atoms with E-state index in [4.69, 9.17) is 9.47 Å². The number of ether oxygens (including phenoxy) is 3. The quantitative estimate of drug-likeness (QED) is 0.0325. The highest BCUT2D eigenvalue weighted by Crippen LogP contribution is 2.25. The number of benzene rings is 1. The first-order valence-electron chi connectivity index (χ1n) is 28.9. The zero-order valence-corrected chi connectivity index (χ0v) is 51.3. The van der Waals surface area contributed by atoms with Gasteiger partial charge in [0.1, 0.15) is 0 Å². The Morgan fingerprint density at radius 1 is 0.597 bits per heavy atom. The molecule has 424 valence electrons. The molecule has 9 nitrogen and oxygen atoms in total. The van der Waals surface area contributed by atoms with Crippen molar-refractivity contribution < 1.29 is 33.4 Å². The van der Waals surface area contributed by atoms with Gasteiger partial charge in [-0.25, -0.2) is 0 Å². The van der Waals surface area contributed by atoms with Gasteiger partial charge in [-0.15, -0.1) is 0 Å². The van der Waals surface area contributed by atoms with Gasteiger partial charge in [0.15, 0.2) is 0 Å². The fraction of sp³-hybridized carbons (Fsp3) is 0.778. The Morgan fingerprint density at radius 2 is 1.11 bits per heavy atom. The number of methoxy groups -OCH3 is 1. The van der Waals surface area contributed by atoms with Crippen molar-refractivity contribution in [2.45, 2.75) is 241 Å². The van der Waals surface area contributed by atoms with E-state index in [1.54, 1.807) is 0 Å². The van der Waals surface area contributed by atoms with Crippen LogP contribution in [0.2, 0.25) is 0 Å². The lowest BCUT2D eigenvalue weighted by atomic mass is 9.90. The summed E-state index contributed by atoms with van der Waals surface area (Å²) in [5.74, 6) is 2.40. The van der Waals surface area contributed by atoms with Crippen molar-refractivity contribution >= 4 is 23.8 Å². The van der Waals surface area contributed by atoms with Crippen LogP contribution in [0.15, 0.2) is 54.8 Å². The van der Waals surface area contributed by atoms with Crippen molar-refractivity contribution in [2.24, 2.45) is 35.0 Å². The van der Waals surface area contributed by atoms with Crippen LogP contribution in [-0.2, 0) is 33.4 Å². The van der Waals surface area contributed by atoms with Gasteiger partial charge in [-0.2, -0.15) is 0 Å². The maximum absolute atomic E-state index is 11.9. The molecule has 0 aliphatic carbocycles. The topological polar surface area (TPSA) is 102 Å². The summed E-state index contributed by atoms with van der Waals surface area (Å²) in [5, 5.41) is 0. The number of hydrogen-bond donors (Lipinski definition) is 0. The Kier molecular flexibility index (Phi) is 56.1. The van der Waals surface area contributed by atoms with E-state index >= 15 is 0 Å². The molecule has 1 amide bonds. The molecule has 0 bridgehead atoms. The summed E-state index contributed by atoms with van der Waals surface area (Å²) in [6, 6.07) is 10.6. The van der Waals surface area contributed by atoms with E-state index in [0.29, 0.717) is 31.0 Å². The SMILES string of the molecule is C=C(C(C)C(C)CC)N(CC)CC/C=C/CCCC.CCC(C)(C)C(=O)OC.CCC(C)c1ccccc1.CCCCN(CCC)C(=O)C(C)CC.CCCCOC(=O)C(C)CC.CCOC(=O)C(C)CC. The van der Waals surface area contributed by atoms with Gasteiger partial charge in [0.2, 0.25) is 5.91 Å². The molecule has 1 rings (SSSR count). The number of allylic oxidation sites excluding steroid dienone is 2. The molecule has 0 spiro atoms. The third-order valence-electron chi connectivity index (χ3n) is 13.5. The minimum absolute atomic E-state index is 0.0547. The second kappa shape index (κ2) is 52.3. The molecule has 1 aromatic carbocycles. The van der Waals surface area contributed by atoms with E-state index in [1.165, 1.54) is 50.5 Å². The largest absolute Gasteiger partial charge is 0.469 e. The number of nitrogens with zero attached hydrogens (tertiary/aromatic N) is 2. The molecule has 0 aliphatic heterocycles. The van der Waals surface area contributed by atoms with Gasteiger partial charge < -0.3 is 24.0 Å². The number of unbranched alkanes of at least 4 members (excludes halogenated alkanes) is 4. The van der Waals surface area contributed by atoms with E-state index in [0.717, 1.165) is 96.3 Å². The Bertz CT molecular complexity index is 1440. The van der Waals surface area contributed by atoms with Crippen LogP contribution in [0.5, 0.6) is 0 Å². The predicted octanol–water partition coefficient (Wildman–Crippen LogP) is 17.5. The molecule has 9 heteroatoms. The lowest BCUT2D eigenvalue weighted by Crippen LogP contribution is -2.36. The summed E-state index contributed by atoms with van der Waals surface area (Å²) in [7, 11) is 1.42. The third kappa shape index (κ3) is 41.8. The van der Waals surface area contributed by atoms with Crippen LogP contribution in [0, 0.1) is 35.0 Å². The lowest BCUT2D eigenvalue weighted by Gasteiger charge is -2.31. The van der Waals surface area contributed by atoms with E-state index < -0.39 is 0 Å². The molecule has 6 unspecified atom stereocenters. The van der Waals surface area contributed by atoms with Crippen molar-refractivity contribution in [1.29, 1.82) is 0 Å². The lowest BCUT2D eigenvalue weighted by molar-refractivity contribution is -0.151. The van der Waals surface area contributed by atoms with Gasteiger partial charge in [0.25, 0.3) is 0 Å². The standard InChI is InChI=1S/C18H35N.C12H25NO.C10H14.C9H18O2.2C7H14O2/c1-7-10-11-12-13-14-15-19(9-3)18(6)17(5)16(4)8-2;1-5-8-10-13(9-6-2)12(14)11(4)7-3;1-3-9(2)10-7-5-4-6-8-10;1-4-6-7-11-9(10)8(3)5-2;1-5-7(2,3)6(8)9-4;1-4-6(3)7(8)9-5-2/h12-13,16-17H,6-11,14-15H2,1-5H3;11H,5-10H2,1-4H3;4-9H,3H2,1-2H3;8H,4-7H2,1-3H3;5H2,1-4H3;6H,4-5H2,1-3H3/b13-12+;;;;;. The summed E-state index contributed by atoms with van der Waals surface area (Å²) in [5.41, 5.74) is 2.46. The van der Waals surface area contributed by atoms with Crippen LogP contribution < -0.4 is 0 Å². The molecule has 0 N–H and O–H groups in total. The number of esters is 3. The summed E-state index contributed by atoms with van der Waals surface area (Å²) in [4.78, 5) is 49.0. The molecular weight excluding hydrogens is 897 g/mol. The van der Waals surface area contributed by atoms with Gasteiger partial charge in [-0.05, 0) is 115 Å². The number of amides is 1. The fourth-order valence-electron chi connectivity index (χ4n) is 6.22. The predicted molar refractivity (Wildman–Crippen MR) is 312 cm³/mol. The fourth-order valence-corrected chi connectivity index (χ4v) is 6.22. The van der Waals surface area contributed by atoms with E-state index in [2.05, 4.69) is 135 Å². The number of carbonyl (C=O) groups excluding carboxylic acids is 4. The first kappa shape index (κ1) is 77.3. The Balaban J connectivity index is -0.000000255. The Hall–Kier alpha value is -3.62. The molecule has 0 fully saturated rings. The molecule has 0 saturated carbocycles. The average Bonchev–Trinajstić information content (AvgIpc) is 3.40. The van der Waals surface area contributed by atoms with Gasteiger partial charge in [0, 0.05) is 37.8 Å². The van der Waals surface area contributed by atoms with Crippen molar-refractivity contribution in [1.82, 2.24) is 9.80 Å². The van der Waals surface area contributed by atoms with Crippen LogP contribution in [0.25, 0.3) is 0 Å². The normalized spacial score (nSPS) is 13.0. The van der Waals surface area contributed by atoms with Crippen LogP contribution in [-0.4, -0.2) is 80.1 Å². The Morgan fingerprint density at radius 3 is 1.51 bits per heavy atom. The average molecular weight is 1020 g/mol. The monoisotopic (exact) mass is 1020 g/mol. The highest BCUT2D eigenvalue weighted by atomic mass is 16.5. The van der Waals surface area contributed by atoms with Crippen molar-refractivity contribution in [2.75, 3.05) is 46.5 Å². The molecule has 0 aromatic heterocycles. The molecule has 0 saturated heterocycles. The maximum atomic E-state index is 11.9. The smallest absolute Gasteiger partial charge is 0.311 e. The second-order valence-electron chi connectivity index (χ2n) is 20.0. The second-order valence-corrected chi connectivity index (χ2v) is 20.0. The third-order valence-corrected chi connectivity index (χ3v) is 13.5. The van der Waals surface area contributed by atoms with Gasteiger partial charge in [0.05, 0.1) is 37.6 Å². The van der Waals surface area contributed by atoms with Gasteiger partial charge in [-0.1, -0.05) is 192 Å². The molecule has 72 heavy (non-hydrogen) atoms. The molecule has 0 heterocycles. The number of hydrogen-bond acceptors (Lipinski definition) is 8. The number of rotatable bonds is 30. The Labute approximate surface area is 447 Å². The molecule has 6 atom stereocenters. The first-order chi connectivity index (χ1) is 34.1. The minimum Gasteiger partial charge on any atom is -0.469 e. The highest BCUT2D eigenvalue weighted by molar-refractivity contribution is 5.78. The zero-order valence-electron chi connectivity index (χ0n) is 51.3. The highest BCUT2D eigenvalue weighted by Gasteiger charge is 2.25. The number of carbonyl (C=O) groups is 4. The molecule has 0 radical (unpaired) electrons. The van der Waals surface area contributed by atoms with Crippen LogP contribution >= 0.6 is 0 Å². The minimum atomic E-state index is -0.311. The maximum Gasteiger partial charge on any atom is 0.311 e. The summed E-state index contributed by atoms with van der Waals surface area (Å²) in [6.07, 6.45) is 21.0. The molecule has 1 aromatic rings. The van der Waals surface area contributed by atoms with E-state index in [-0.39, 0.29) is 41.1 Å². The zero-order chi connectivity index (χ0) is 56.5. The van der Waals surface area contributed by atoms with Crippen molar-refractivity contribution in [3.05, 3.63) is 60.3 Å². The summed E-state index contributed by atoms with van der Waals surface area (Å²) >= 11 is 0. The summed E-state index contributed by atoms with van der Waals surface area (Å²) < 4.78 is 14.3. The van der Waals surface area contributed by atoms with E-state index in [1.807, 2.05) is 67.2 Å². The van der Waals surface area contributed by atoms with Crippen LogP contribution in [0.3, 0.4) is 0 Å². The van der Waals surface area contributed by atoms with Crippen LogP contribution in [0.4, 0.5) is 0 Å². The van der Waals surface area contributed by atoms with Gasteiger partial charge >= 0.3 is 17.9 Å². The first-order valence-corrected chi connectivity index (χ1v) is 28.9. The van der Waals surface area contributed by atoms with Crippen molar-refractivity contribution in [3.8, 4) is 0 Å². The van der Waals surface area contributed by atoms with Crippen LogP contribution in [0.1, 0.15) is 246 Å². The van der Waals surface area contributed by atoms with E-state index in [9.17, 15) is 19.2 Å².